The number of ether oxygens (including phenoxy) is 1. The fraction of sp³-hybridized carbons (Fsp3) is 0.304. The topological polar surface area (TPSA) is 114 Å². The van der Waals surface area contributed by atoms with Crippen LogP contribution in [0.2, 0.25) is 0 Å². The van der Waals surface area contributed by atoms with Gasteiger partial charge < -0.3 is 4.74 Å². The molecular weight excluding hydrogens is 456 g/mol. The largest absolute Gasteiger partial charge is 0.443 e. The number of aromatic amines is 1. The lowest BCUT2D eigenvalue weighted by molar-refractivity contribution is 0.0606. The zero-order chi connectivity index (χ0) is 25.3. The van der Waals surface area contributed by atoms with Crippen molar-refractivity contribution in [1.82, 2.24) is 19.1 Å². The molecule has 1 atom stereocenters. The maximum absolute atomic E-state index is 13.5. The molecule has 0 saturated carbocycles. The van der Waals surface area contributed by atoms with Crippen LogP contribution in [0.3, 0.4) is 0 Å². The Bertz CT molecular complexity index is 1430. The number of amides is 1. The highest BCUT2D eigenvalue weighted by Gasteiger charge is 2.23. The summed E-state index contributed by atoms with van der Waals surface area (Å²) < 4.78 is 25.1. The van der Waals surface area contributed by atoms with Gasteiger partial charge in [-0.15, -0.1) is 4.36 Å². The summed E-state index contributed by atoms with van der Waals surface area (Å²) in [5.41, 5.74) is 1.14. The van der Waals surface area contributed by atoms with Crippen molar-refractivity contribution in [2.45, 2.75) is 38.2 Å². The van der Waals surface area contributed by atoms with Crippen LogP contribution in [0.5, 0.6) is 0 Å². The van der Waals surface area contributed by atoms with Crippen LogP contribution >= 0.6 is 0 Å². The number of benzene rings is 1. The molecule has 1 unspecified atom stereocenters. The number of carbonyl (C=O) groups is 1. The summed E-state index contributed by atoms with van der Waals surface area (Å²) in [6.45, 7) is 13.9. The van der Waals surface area contributed by atoms with Gasteiger partial charge in [-0.1, -0.05) is 24.3 Å². The molecule has 2 aromatic heterocycles. The lowest BCUT2D eigenvalue weighted by Crippen LogP contribution is -2.27. The summed E-state index contributed by atoms with van der Waals surface area (Å²) in [5.74, 6) is 0.277. The molecule has 0 saturated heterocycles. The molecule has 11 heteroatoms. The second-order valence-corrected chi connectivity index (χ2v) is 11.0. The van der Waals surface area contributed by atoms with Gasteiger partial charge in [0.15, 0.2) is 21.4 Å². The van der Waals surface area contributed by atoms with Crippen molar-refractivity contribution in [3.63, 3.8) is 0 Å². The quantitative estimate of drug-likeness (QED) is 0.556. The molecule has 178 valence electrons. The van der Waals surface area contributed by atoms with E-state index in [2.05, 4.69) is 19.3 Å². The first-order valence-corrected chi connectivity index (χ1v) is 11.8. The smallest absolute Gasteiger partial charge is 0.442 e. The third-order valence-electron chi connectivity index (χ3n) is 4.70. The molecule has 1 amide bonds. The molecule has 0 fully saturated rings. The molecule has 0 aliphatic rings. The van der Waals surface area contributed by atoms with Gasteiger partial charge >= 0.3 is 6.09 Å². The Balaban J connectivity index is 2.01. The number of pyridine rings is 1. The standard InChI is InChI=1S/C23H26N6O4S/c1-15-20(16-8-10-17(24-5)11-9-16)21(30)29(26-15)19-13-12-18(14-25-19)34(32,28(6)7)27-22(31)33-23(2,3)4/h8-14,26H,1-4,6-7H3. The van der Waals surface area contributed by atoms with Gasteiger partial charge in [-0.2, -0.15) is 0 Å². The third kappa shape index (κ3) is 5.08. The van der Waals surface area contributed by atoms with Gasteiger partial charge in [0.05, 0.1) is 17.0 Å². The maximum atomic E-state index is 13.5. The van der Waals surface area contributed by atoms with E-state index < -0.39 is 21.6 Å². The van der Waals surface area contributed by atoms with Crippen LogP contribution in [0.4, 0.5) is 10.5 Å². The van der Waals surface area contributed by atoms with E-state index in [1.165, 1.54) is 41.4 Å². The van der Waals surface area contributed by atoms with Gasteiger partial charge in [0, 0.05) is 26.0 Å². The first-order valence-electron chi connectivity index (χ1n) is 10.3. The minimum absolute atomic E-state index is 0.193. The molecule has 0 aliphatic heterocycles. The van der Waals surface area contributed by atoms with Crippen LogP contribution in [-0.4, -0.2) is 49.1 Å². The third-order valence-corrected chi connectivity index (χ3v) is 6.94. The minimum atomic E-state index is -3.32. The molecule has 3 aromatic rings. The Morgan fingerprint density at radius 3 is 2.35 bits per heavy atom. The molecule has 3 rings (SSSR count). The molecule has 1 N–H and O–H groups in total. The van der Waals surface area contributed by atoms with E-state index in [9.17, 15) is 13.8 Å². The highest BCUT2D eigenvalue weighted by Crippen LogP contribution is 2.23. The molecule has 1 aromatic carbocycles. The van der Waals surface area contributed by atoms with Crippen molar-refractivity contribution in [3.05, 3.63) is 70.1 Å². The number of hydrogen-bond donors (Lipinski definition) is 1. The van der Waals surface area contributed by atoms with Crippen molar-refractivity contribution < 1.29 is 13.7 Å². The SMILES string of the molecule is [C-]#[N+]c1ccc(-c2c(C)[nH]n(-c3ccc(S(=O)(=NC(=O)OC(C)(C)C)N(C)C)cn3)c2=O)cc1. The average Bonchev–Trinajstić information content (AvgIpc) is 3.06. The number of nitrogens with one attached hydrogen (secondary N) is 1. The lowest BCUT2D eigenvalue weighted by atomic mass is 10.1. The van der Waals surface area contributed by atoms with Gasteiger partial charge in [-0.3, -0.25) is 9.89 Å². The fourth-order valence-electron chi connectivity index (χ4n) is 3.14. The zero-order valence-electron chi connectivity index (χ0n) is 19.8. The Labute approximate surface area is 198 Å². The monoisotopic (exact) mass is 482 g/mol. The summed E-state index contributed by atoms with van der Waals surface area (Å²) >= 11 is 0. The second kappa shape index (κ2) is 9.24. The number of aryl methyl sites for hydroxylation is 1. The summed E-state index contributed by atoms with van der Waals surface area (Å²) in [6, 6.07) is 9.76. The normalized spacial score (nSPS) is 13.2. The van der Waals surface area contributed by atoms with Crippen LogP contribution in [0, 0.1) is 13.5 Å². The summed E-state index contributed by atoms with van der Waals surface area (Å²) in [4.78, 5) is 33.2. The van der Waals surface area contributed by atoms with Crippen molar-refractivity contribution in [2.24, 2.45) is 4.36 Å². The number of nitrogens with zero attached hydrogens (tertiary/aromatic N) is 5. The molecule has 34 heavy (non-hydrogen) atoms. The molecular formula is C23H26N6O4S. The van der Waals surface area contributed by atoms with Gasteiger partial charge in [0.1, 0.15) is 5.60 Å². The first kappa shape index (κ1) is 24.9. The molecule has 10 nitrogen and oxygen atoms in total. The number of aromatic nitrogens is 3. The molecule has 2 heterocycles. The van der Waals surface area contributed by atoms with E-state index in [1.807, 2.05) is 0 Å². The molecule has 0 radical (unpaired) electrons. The van der Waals surface area contributed by atoms with Crippen molar-refractivity contribution in [1.29, 1.82) is 0 Å². The second-order valence-electron chi connectivity index (χ2n) is 8.64. The van der Waals surface area contributed by atoms with Gasteiger partial charge in [0.25, 0.3) is 5.56 Å². The van der Waals surface area contributed by atoms with Crippen LogP contribution in [0.25, 0.3) is 21.8 Å². The van der Waals surface area contributed by atoms with Crippen molar-refractivity contribution in [3.8, 4) is 16.9 Å². The number of H-pyrrole nitrogens is 1. The van der Waals surface area contributed by atoms with E-state index in [-0.39, 0.29) is 16.3 Å². The highest BCUT2D eigenvalue weighted by molar-refractivity contribution is 7.91. The predicted molar refractivity (Wildman–Crippen MR) is 129 cm³/mol. The van der Waals surface area contributed by atoms with E-state index >= 15 is 0 Å². The minimum Gasteiger partial charge on any atom is -0.442 e. The van der Waals surface area contributed by atoms with Gasteiger partial charge in [-0.05, 0) is 45.4 Å². The number of carbonyl (C=O) groups excluding carboxylic acids is 1. The number of hydrogen-bond acceptors (Lipinski definition) is 5. The van der Waals surface area contributed by atoms with Crippen LogP contribution in [-0.2, 0) is 14.7 Å². The molecule has 0 bridgehead atoms. The first-order chi connectivity index (χ1) is 15.9. The Kier molecular flexibility index (Phi) is 6.77. The van der Waals surface area contributed by atoms with Crippen LogP contribution in [0.15, 0.2) is 56.6 Å². The lowest BCUT2D eigenvalue weighted by Gasteiger charge is -2.20. The van der Waals surface area contributed by atoms with E-state index in [1.54, 1.807) is 52.0 Å². The molecule has 0 aliphatic carbocycles. The Morgan fingerprint density at radius 1 is 1.21 bits per heavy atom. The van der Waals surface area contributed by atoms with E-state index in [0.29, 0.717) is 22.5 Å². The summed E-state index contributed by atoms with van der Waals surface area (Å²) in [7, 11) is -0.246. The van der Waals surface area contributed by atoms with E-state index in [4.69, 9.17) is 11.3 Å². The Hall–Kier alpha value is -3.75. The Morgan fingerprint density at radius 2 is 1.85 bits per heavy atom. The van der Waals surface area contributed by atoms with Crippen molar-refractivity contribution in [2.75, 3.05) is 14.1 Å². The maximum Gasteiger partial charge on any atom is 0.443 e. The average molecular weight is 483 g/mol. The van der Waals surface area contributed by atoms with Gasteiger partial charge in [0.2, 0.25) is 0 Å². The van der Waals surface area contributed by atoms with Crippen molar-refractivity contribution >= 4 is 21.7 Å². The fourth-order valence-corrected chi connectivity index (χ4v) is 4.50. The van der Waals surface area contributed by atoms with Crippen LogP contribution in [0.1, 0.15) is 26.5 Å². The summed E-state index contributed by atoms with van der Waals surface area (Å²) in [5, 5.41) is 3.00. The number of rotatable bonds is 4. The predicted octanol–water partition coefficient (Wildman–Crippen LogP) is 4.33. The van der Waals surface area contributed by atoms with Gasteiger partial charge in [-0.25, -0.2) is 27.8 Å². The van der Waals surface area contributed by atoms with E-state index in [0.717, 1.165) is 0 Å². The zero-order valence-corrected chi connectivity index (χ0v) is 20.6. The van der Waals surface area contributed by atoms with Crippen LogP contribution < -0.4 is 5.56 Å². The highest BCUT2D eigenvalue weighted by atomic mass is 32.2. The summed E-state index contributed by atoms with van der Waals surface area (Å²) in [6.07, 6.45) is 0.374. The molecule has 0 spiro atoms.